The average molecular weight is 563 g/mol. The third-order valence-corrected chi connectivity index (χ3v) is 7.81. The van der Waals surface area contributed by atoms with Crippen molar-refractivity contribution in [3.63, 3.8) is 0 Å². The lowest BCUT2D eigenvalue weighted by Gasteiger charge is -2.25. The van der Waals surface area contributed by atoms with E-state index in [-0.39, 0.29) is 17.1 Å². The lowest BCUT2D eigenvalue weighted by Crippen LogP contribution is -2.40. The number of nitrogens with zero attached hydrogens (tertiary/aromatic N) is 3. The zero-order valence-corrected chi connectivity index (χ0v) is 21.6. The van der Waals surface area contributed by atoms with E-state index < -0.39 is 39.2 Å². The van der Waals surface area contributed by atoms with Crippen LogP contribution in [0.5, 0.6) is 0 Å². The van der Waals surface area contributed by atoms with Gasteiger partial charge in [0, 0.05) is 24.6 Å². The second-order valence-electron chi connectivity index (χ2n) is 8.27. The van der Waals surface area contributed by atoms with Crippen molar-refractivity contribution in [3.05, 3.63) is 107 Å². The number of carbonyl (C=O) groups excluding carboxylic acids is 1. The standard InChI is InChI=1S/C26H22ClF3N4O3S/c1-18-31-13-14-33(18)20-9-7-19(8-10-20)16-32-25(35)17-34(38(36,37)22-5-3-2-4-6-22)21-11-12-24(27)23(15-21)26(28,29)30/h2-15H,16-17H2,1H3,(H,32,35). The SMILES string of the molecule is Cc1nccn1-c1ccc(CNC(=O)CN(c2ccc(Cl)c(C(F)(F)F)c2)S(=O)(=O)c2ccccc2)cc1. The smallest absolute Gasteiger partial charge is 0.350 e. The van der Waals surface area contributed by atoms with Crippen LogP contribution in [-0.2, 0) is 27.5 Å². The molecule has 38 heavy (non-hydrogen) atoms. The van der Waals surface area contributed by atoms with Gasteiger partial charge in [0.2, 0.25) is 5.91 Å². The molecule has 0 atom stereocenters. The number of anilines is 1. The molecular weight excluding hydrogens is 541 g/mol. The van der Waals surface area contributed by atoms with Gasteiger partial charge in [-0.05, 0) is 55.0 Å². The van der Waals surface area contributed by atoms with Crippen LogP contribution < -0.4 is 9.62 Å². The largest absolute Gasteiger partial charge is 0.417 e. The normalized spacial score (nSPS) is 11.8. The summed E-state index contributed by atoms with van der Waals surface area (Å²) in [6.07, 6.45) is -1.33. The lowest BCUT2D eigenvalue weighted by molar-refractivity contribution is -0.137. The number of imidazole rings is 1. The van der Waals surface area contributed by atoms with E-state index in [1.165, 1.54) is 24.3 Å². The molecule has 0 saturated carbocycles. The maximum atomic E-state index is 13.5. The van der Waals surface area contributed by atoms with E-state index in [2.05, 4.69) is 10.3 Å². The average Bonchev–Trinajstić information content (AvgIpc) is 3.32. The monoisotopic (exact) mass is 562 g/mol. The highest BCUT2D eigenvalue weighted by Crippen LogP contribution is 2.38. The molecule has 1 N–H and O–H groups in total. The Morgan fingerprint density at radius 1 is 1.05 bits per heavy atom. The number of rotatable bonds is 8. The number of nitrogens with one attached hydrogen (secondary N) is 1. The Balaban J connectivity index is 1.57. The first-order valence-electron chi connectivity index (χ1n) is 11.3. The maximum absolute atomic E-state index is 13.5. The first-order chi connectivity index (χ1) is 18.0. The fourth-order valence-corrected chi connectivity index (χ4v) is 5.39. The van der Waals surface area contributed by atoms with Gasteiger partial charge in [-0.25, -0.2) is 13.4 Å². The zero-order chi connectivity index (χ0) is 27.5. The number of alkyl halides is 3. The molecule has 7 nitrogen and oxygen atoms in total. The number of aromatic nitrogens is 2. The number of sulfonamides is 1. The first kappa shape index (κ1) is 27.2. The third kappa shape index (κ3) is 6.00. The molecule has 0 saturated heterocycles. The Morgan fingerprint density at radius 3 is 2.34 bits per heavy atom. The summed E-state index contributed by atoms with van der Waals surface area (Å²) in [5.74, 6) is 0.101. The quantitative estimate of drug-likeness (QED) is 0.313. The van der Waals surface area contributed by atoms with E-state index in [0.29, 0.717) is 10.4 Å². The van der Waals surface area contributed by atoms with Gasteiger partial charge in [0.25, 0.3) is 10.0 Å². The molecule has 1 amide bonds. The van der Waals surface area contributed by atoms with Crippen molar-refractivity contribution in [2.24, 2.45) is 0 Å². The van der Waals surface area contributed by atoms with Gasteiger partial charge in [-0.2, -0.15) is 13.2 Å². The van der Waals surface area contributed by atoms with Crippen LogP contribution in [0, 0.1) is 6.92 Å². The van der Waals surface area contributed by atoms with Gasteiger partial charge in [0.1, 0.15) is 12.4 Å². The predicted octanol–water partition coefficient (Wildman–Crippen LogP) is 5.36. The predicted molar refractivity (Wildman–Crippen MR) is 138 cm³/mol. The van der Waals surface area contributed by atoms with Crippen molar-refractivity contribution in [1.29, 1.82) is 0 Å². The number of amides is 1. The van der Waals surface area contributed by atoms with Gasteiger partial charge >= 0.3 is 6.18 Å². The van der Waals surface area contributed by atoms with Gasteiger partial charge in [-0.3, -0.25) is 9.10 Å². The molecule has 4 aromatic rings. The fourth-order valence-electron chi connectivity index (χ4n) is 3.73. The molecule has 198 valence electrons. The Bertz CT molecular complexity index is 1540. The molecule has 1 aromatic heterocycles. The molecule has 0 radical (unpaired) electrons. The number of benzene rings is 3. The fraction of sp³-hybridized carbons (Fsp3) is 0.154. The van der Waals surface area contributed by atoms with Crippen molar-refractivity contribution in [2.75, 3.05) is 10.8 Å². The van der Waals surface area contributed by atoms with Gasteiger partial charge in [-0.1, -0.05) is 41.9 Å². The molecule has 4 rings (SSSR count). The van der Waals surface area contributed by atoms with Gasteiger partial charge in [0.15, 0.2) is 0 Å². The van der Waals surface area contributed by atoms with Crippen molar-refractivity contribution in [2.45, 2.75) is 24.5 Å². The Morgan fingerprint density at radius 2 is 1.74 bits per heavy atom. The topological polar surface area (TPSA) is 84.3 Å². The Labute approximate surface area is 222 Å². The number of halogens is 4. The summed E-state index contributed by atoms with van der Waals surface area (Å²) in [4.78, 5) is 16.8. The summed E-state index contributed by atoms with van der Waals surface area (Å²) in [5, 5.41) is 2.05. The molecule has 0 aliphatic carbocycles. The molecule has 0 bridgehead atoms. The molecule has 0 fully saturated rings. The minimum Gasteiger partial charge on any atom is -0.350 e. The van der Waals surface area contributed by atoms with Crippen LogP contribution in [-0.4, -0.2) is 30.4 Å². The minimum atomic E-state index is -4.82. The maximum Gasteiger partial charge on any atom is 0.417 e. The van der Waals surface area contributed by atoms with Crippen molar-refractivity contribution in [1.82, 2.24) is 14.9 Å². The van der Waals surface area contributed by atoms with Gasteiger partial charge in [-0.15, -0.1) is 0 Å². The van der Waals surface area contributed by atoms with Crippen LogP contribution in [0.2, 0.25) is 5.02 Å². The molecule has 0 aliphatic heterocycles. The third-order valence-electron chi connectivity index (χ3n) is 5.69. The minimum absolute atomic E-state index is 0.0790. The summed E-state index contributed by atoms with van der Waals surface area (Å²) in [7, 11) is -4.39. The van der Waals surface area contributed by atoms with E-state index in [9.17, 15) is 26.4 Å². The van der Waals surface area contributed by atoms with E-state index >= 15 is 0 Å². The number of hydrogen-bond donors (Lipinski definition) is 1. The number of aryl methyl sites for hydroxylation is 1. The molecule has 3 aromatic carbocycles. The molecule has 0 aliphatic rings. The van der Waals surface area contributed by atoms with Crippen molar-refractivity contribution >= 4 is 33.2 Å². The van der Waals surface area contributed by atoms with Gasteiger partial charge in [0.05, 0.1) is 21.2 Å². The van der Waals surface area contributed by atoms with Crippen molar-refractivity contribution in [3.8, 4) is 5.69 Å². The van der Waals surface area contributed by atoms with Crippen LogP contribution in [0.3, 0.4) is 0 Å². The summed E-state index contributed by atoms with van der Waals surface area (Å²) < 4.78 is 69.8. The second kappa shape index (κ2) is 10.9. The Hall–Kier alpha value is -3.83. The van der Waals surface area contributed by atoms with E-state index in [1.54, 1.807) is 24.4 Å². The molecule has 0 spiro atoms. The lowest BCUT2D eigenvalue weighted by atomic mass is 10.2. The summed E-state index contributed by atoms with van der Waals surface area (Å²) in [6.45, 7) is 1.19. The van der Waals surface area contributed by atoms with Crippen molar-refractivity contribution < 1.29 is 26.4 Å². The first-order valence-corrected chi connectivity index (χ1v) is 13.1. The molecule has 12 heteroatoms. The Kier molecular flexibility index (Phi) is 7.79. The van der Waals surface area contributed by atoms with E-state index in [4.69, 9.17) is 11.6 Å². The van der Waals surface area contributed by atoms with Crippen LogP contribution in [0.25, 0.3) is 5.69 Å². The molecule has 0 unspecified atom stereocenters. The van der Waals surface area contributed by atoms with Crippen LogP contribution in [0.1, 0.15) is 17.0 Å². The highest BCUT2D eigenvalue weighted by Gasteiger charge is 2.35. The molecular formula is C26H22ClF3N4O3S. The zero-order valence-electron chi connectivity index (χ0n) is 20.0. The summed E-state index contributed by atoms with van der Waals surface area (Å²) in [5.41, 5.74) is 0.0564. The molecule has 1 heterocycles. The highest BCUT2D eigenvalue weighted by molar-refractivity contribution is 7.92. The summed E-state index contributed by atoms with van der Waals surface area (Å²) >= 11 is 5.72. The van der Waals surface area contributed by atoms with E-state index in [1.807, 2.05) is 29.8 Å². The van der Waals surface area contributed by atoms with E-state index in [0.717, 1.165) is 29.2 Å². The van der Waals surface area contributed by atoms with Crippen LogP contribution >= 0.6 is 11.6 Å². The van der Waals surface area contributed by atoms with Crippen LogP contribution in [0.4, 0.5) is 18.9 Å². The van der Waals surface area contributed by atoms with Gasteiger partial charge < -0.3 is 9.88 Å². The number of hydrogen-bond acceptors (Lipinski definition) is 4. The summed E-state index contributed by atoms with van der Waals surface area (Å²) in [6, 6.07) is 17.1. The second-order valence-corrected chi connectivity index (χ2v) is 10.5. The number of carbonyl (C=O) groups is 1. The highest BCUT2D eigenvalue weighted by atomic mass is 35.5. The van der Waals surface area contributed by atoms with Crippen LogP contribution in [0.15, 0.2) is 90.1 Å².